The second kappa shape index (κ2) is 2.92. The highest BCUT2D eigenvalue weighted by atomic mass is 32.1. The van der Waals surface area contributed by atoms with Crippen LogP contribution in [0, 0.1) is 0 Å². The fourth-order valence-corrected chi connectivity index (χ4v) is 3.43. The summed E-state index contributed by atoms with van der Waals surface area (Å²) in [5.74, 6) is 0.679. The third-order valence-corrected chi connectivity index (χ3v) is 4.05. The van der Waals surface area contributed by atoms with Crippen molar-refractivity contribution in [1.29, 1.82) is 0 Å². The Balaban J connectivity index is 2.38. The Morgan fingerprint density at radius 2 is 2.21 bits per heavy atom. The summed E-state index contributed by atoms with van der Waals surface area (Å²) in [7, 11) is 0. The van der Waals surface area contributed by atoms with Crippen molar-refractivity contribution in [3.8, 4) is 0 Å². The van der Waals surface area contributed by atoms with Gasteiger partial charge in [0.25, 0.3) is 12.1 Å². The first-order chi connectivity index (χ1) is 6.86. The Morgan fingerprint density at radius 3 is 3.14 bits per heavy atom. The highest BCUT2D eigenvalue weighted by Crippen LogP contribution is 2.35. The predicted molar refractivity (Wildman–Crippen MR) is 57.2 cm³/mol. The van der Waals surface area contributed by atoms with Crippen molar-refractivity contribution in [2.24, 2.45) is 0 Å². The van der Waals surface area contributed by atoms with Crippen molar-refractivity contribution in [2.45, 2.75) is 25.7 Å². The standard InChI is InChI=1S/C10H11N3S/c11-9-8-6-3-1-2-4-7(6)14-10(8)13-5-12-9/h5H,1-4H2,(H2,11,12,13)/p+1. The number of nitrogens with zero attached hydrogens (tertiary/aromatic N) is 1. The summed E-state index contributed by atoms with van der Waals surface area (Å²) in [6.45, 7) is 0. The zero-order valence-corrected chi connectivity index (χ0v) is 8.66. The zero-order valence-electron chi connectivity index (χ0n) is 7.84. The molecular formula is C10H12N3S+. The van der Waals surface area contributed by atoms with Crippen molar-refractivity contribution in [3.63, 3.8) is 0 Å². The molecule has 0 unspecified atom stereocenters. The number of thiophene rings is 1. The molecule has 3 rings (SSSR count). The minimum atomic E-state index is 0.679. The van der Waals surface area contributed by atoms with E-state index in [9.17, 15) is 0 Å². The summed E-state index contributed by atoms with van der Waals surface area (Å²) < 4.78 is 0. The predicted octanol–water partition coefficient (Wildman–Crippen LogP) is 1.57. The van der Waals surface area contributed by atoms with Gasteiger partial charge in [-0.05, 0) is 36.2 Å². The number of hydrogen-bond donors (Lipinski definition) is 1. The molecule has 0 fully saturated rings. The molecular weight excluding hydrogens is 194 g/mol. The van der Waals surface area contributed by atoms with Gasteiger partial charge in [0.05, 0.1) is 0 Å². The number of nitrogens with one attached hydrogen (secondary N) is 1. The maximum absolute atomic E-state index is 5.90. The lowest BCUT2D eigenvalue weighted by molar-refractivity contribution is -0.346. The SMILES string of the molecule is Nc1nc[nH+]c2sc3c(c12)CCCC3. The minimum absolute atomic E-state index is 0.679. The van der Waals surface area contributed by atoms with E-state index >= 15 is 0 Å². The maximum Gasteiger partial charge on any atom is 0.287 e. The van der Waals surface area contributed by atoms with Crippen LogP contribution >= 0.6 is 11.3 Å². The van der Waals surface area contributed by atoms with Crippen LogP contribution in [0.1, 0.15) is 23.3 Å². The smallest absolute Gasteiger partial charge is 0.287 e. The summed E-state index contributed by atoms with van der Waals surface area (Å²) in [5.41, 5.74) is 7.34. The van der Waals surface area contributed by atoms with Crippen LogP contribution in [-0.2, 0) is 12.8 Å². The molecule has 0 spiro atoms. The number of aromatic nitrogens is 2. The molecule has 2 aromatic rings. The summed E-state index contributed by atoms with van der Waals surface area (Å²) in [6, 6.07) is 0. The molecule has 0 bridgehead atoms. The Kier molecular flexibility index (Phi) is 1.70. The quantitative estimate of drug-likeness (QED) is 0.711. The van der Waals surface area contributed by atoms with Gasteiger partial charge in [-0.3, -0.25) is 0 Å². The van der Waals surface area contributed by atoms with Crippen molar-refractivity contribution < 1.29 is 4.98 Å². The molecule has 3 nitrogen and oxygen atoms in total. The molecule has 0 amide bonds. The topological polar surface area (TPSA) is 53.0 Å². The van der Waals surface area contributed by atoms with E-state index in [1.807, 2.05) is 11.3 Å². The molecule has 0 radical (unpaired) electrons. The molecule has 2 heterocycles. The number of nitrogens with two attached hydrogens (primary N) is 1. The van der Waals surface area contributed by atoms with Crippen LogP contribution in [0.2, 0.25) is 0 Å². The van der Waals surface area contributed by atoms with E-state index < -0.39 is 0 Å². The van der Waals surface area contributed by atoms with E-state index in [1.165, 1.54) is 46.3 Å². The summed E-state index contributed by atoms with van der Waals surface area (Å²) >= 11 is 1.84. The lowest BCUT2D eigenvalue weighted by Crippen LogP contribution is -2.06. The minimum Gasteiger partial charge on any atom is -0.362 e. The van der Waals surface area contributed by atoms with Crippen LogP contribution < -0.4 is 10.7 Å². The average Bonchev–Trinajstić information content (AvgIpc) is 2.57. The molecule has 14 heavy (non-hydrogen) atoms. The molecule has 0 atom stereocenters. The van der Waals surface area contributed by atoms with Crippen molar-refractivity contribution in [1.82, 2.24) is 4.98 Å². The van der Waals surface area contributed by atoms with Crippen LogP contribution in [0.4, 0.5) is 5.82 Å². The first-order valence-electron chi connectivity index (χ1n) is 4.92. The van der Waals surface area contributed by atoms with E-state index in [-0.39, 0.29) is 0 Å². The molecule has 2 aromatic heterocycles. The van der Waals surface area contributed by atoms with Gasteiger partial charge in [0.1, 0.15) is 5.39 Å². The first kappa shape index (κ1) is 8.17. The van der Waals surface area contributed by atoms with E-state index in [2.05, 4.69) is 9.97 Å². The zero-order chi connectivity index (χ0) is 9.54. The summed E-state index contributed by atoms with van der Waals surface area (Å²) in [5, 5.41) is 1.17. The second-order valence-electron chi connectivity index (χ2n) is 3.70. The van der Waals surface area contributed by atoms with Gasteiger partial charge in [-0.15, -0.1) is 0 Å². The largest absolute Gasteiger partial charge is 0.362 e. The molecule has 4 heteroatoms. The first-order valence-corrected chi connectivity index (χ1v) is 5.74. The fraction of sp³-hybridized carbons (Fsp3) is 0.400. The molecule has 0 saturated carbocycles. The molecule has 72 valence electrons. The van der Waals surface area contributed by atoms with Crippen LogP contribution in [-0.4, -0.2) is 4.98 Å². The van der Waals surface area contributed by atoms with E-state index in [0.29, 0.717) is 5.82 Å². The Labute approximate surface area is 86.0 Å². The molecule has 0 aromatic carbocycles. The Hall–Kier alpha value is -1.16. The number of H-pyrrole nitrogens is 1. The number of anilines is 1. The number of rotatable bonds is 0. The van der Waals surface area contributed by atoms with Gasteiger partial charge in [-0.25, -0.2) is 4.98 Å². The Bertz CT molecular complexity index is 489. The van der Waals surface area contributed by atoms with Crippen molar-refractivity contribution >= 4 is 27.4 Å². The van der Waals surface area contributed by atoms with Crippen LogP contribution in [0.3, 0.4) is 0 Å². The lowest BCUT2D eigenvalue weighted by Gasteiger charge is -2.09. The number of fused-ring (bicyclic) bond motifs is 3. The normalized spacial score (nSPS) is 15.7. The van der Waals surface area contributed by atoms with Gasteiger partial charge in [0.15, 0.2) is 4.83 Å². The Morgan fingerprint density at radius 1 is 1.36 bits per heavy atom. The molecule has 3 N–H and O–H groups in total. The maximum atomic E-state index is 5.90. The third kappa shape index (κ3) is 1.04. The highest BCUT2D eigenvalue weighted by Gasteiger charge is 2.21. The molecule has 1 aliphatic rings. The van der Waals surface area contributed by atoms with Gasteiger partial charge in [-0.2, -0.15) is 0 Å². The number of nitrogen functional groups attached to an aromatic ring is 1. The molecule has 0 saturated heterocycles. The van der Waals surface area contributed by atoms with Crippen LogP contribution in [0.5, 0.6) is 0 Å². The average molecular weight is 206 g/mol. The third-order valence-electron chi connectivity index (χ3n) is 2.83. The summed E-state index contributed by atoms with van der Waals surface area (Å²) in [4.78, 5) is 9.98. The number of aryl methyl sites for hydroxylation is 2. The number of hydrogen-bond acceptors (Lipinski definition) is 3. The lowest BCUT2D eigenvalue weighted by atomic mass is 9.97. The number of aromatic amines is 1. The van der Waals surface area contributed by atoms with E-state index in [4.69, 9.17) is 5.73 Å². The van der Waals surface area contributed by atoms with E-state index in [1.54, 1.807) is 6.33 Å². The van der Waals surface area contributed by atoms with Gasteiger partial charge < -0.3 is 5.73 Å². The molecule has 0 aliphatic heterocycles. The second-order valence-corrected chi connectivity index (χ2v) is 4.81. The fourth-order valence-electron chi connectivity index (χ4n) is 2.16. The highest BCUT2D eigenvalue weighted by molar-refractivity contribution is 7.18. The van der Waals surface area contributed by atoms with Gasteiger partial charge >= 0.3 is 0 Å². The summed E-state index contributed by atoms with van der Waals surface area (Å²) in [6.07, 6.45) is 6.65. The van der Waals surface area contributed by atoms with Crippen LogP contribution in [0.15, 0.2) is 6.33 Å². The van der Waals surface area contributed by atoms with Crippen LogP contribution in [0.25, 0.3) is 10.2 Å². The molecule has 1 aliphatic carbocycles. The van der Waals surface area contributed by atoms with Gasteiger partial charge in [0, 0.05) is 4.88 Å². The van der Waals surface area contributed by atoms with Crippen molar-refractivity contribution in [2.75, 3.05) is 5.73 Å². The monoisotopic (exact) mass is 206 g/mol. The van der Waals surface area contributed by atoms with Crippen molar-refractivity contribution in [3.05, 3.63) is 16.8 Å². The van der Waals surface area contributed by atoms with Gasteiger partial charge in [-0.1, -0.05) is 11.3 Å². The van der Waals surface area contributed by atoms with E-state index in [0.717, 1.165) is 0 Å². The van der Waals surface area contributed by atoms with Gasteiger partial charge in [0.2, 0.25) is 0 Å².